The second kappa shape index (κ2) is 6.34. The highest BCUT2D eigenvalue weighted by Gasteiger charge is 2.11. The van der Waals surface area contributed by atoms with Crippen molar-refractivity contribution >= 4 is 11.3 Å². The fraction of sp³-hybridized carbons (Fsp3) is 0.467. The third kappa shape index (κ3) is 2.97. The average Bonchev–Trinajstić information content (AvgIpc) is 2.82. The first kappa shape index (κ1) is 12.8. The molecule has 0 atom stereocenters. The number of ketones is 1. The van der Waals surface area contributed by atoms with Crippen LogP contribution in [0.25, 0.3) is 5.52 Å². The Morgan fingerprint density at radius 1 is 1.22 bits per heavy atom. The van der Waals surface area contributed by atoms with Crippen molar-refractivity contribution in [1.82, 2.24) is 9.61 Å². The van der Waals surface area contributed by atoms with Crippen molar-refractivity contribution in [3.8, 4) is 0 Å². The van der Waals surface area contributed by atoms with Crippen LogP contribution in [0, 0.1) is 0 Å². The molecular weight excluding hydrogens is 224 g/mol. The van der Waals surface area contributed by atoms with Gasteiger partial charge in [0.1, 0.15) is 0 Å². The maximum Gasteiger partial charge on any atom is 0.166 e. The summed E-state index contributed by atoms with van der Waals surface area (Å²) in [5, 5.41) is 4.19. The van der Waals surface area contributed by atoms with Crippen LogP contribution in [0.4, 0.5) is 0 Å². The molecule has 0 unspecified atom stereocenters. The molecule has 0 spiro atoms. The molecule has 0 fully saturated rings. The Bertz CT molecular complexity index is 516. The van der Waals surface area contributed by atoms with Gasteiger partial charge in [-0.15, -0.1) is 0 Å². The highest BCUT2D eigenvalue weighted by atomic mass is 16.1. The zero-order chi connectivity index (χ0) is 12.8. The van der Waals surface area contributed by atoms with E-state index in [0.717, 1.165) is 23.9 Å². The number of aromatic nitrogens is 2. The van der Waals surface area contributed by atoms with Gasteiger partial charge < -0.3 is 0 Å². The molecule has 0 aliphatic heterocycles. The monoisotopic (exact) mass is 244 g/mol. The lowest BCUT2D eigenvalue weighted by molar-refractivity contribution is 0.0980. The third-order valence-corrected chi connectivity index (χ3v) is 3.23. The predicted octanol–water partition coefficient (Wildman–Crippen LogP) is 3.88. The van der Waals surface area contributed by atoms with Crippen molar-refractivity contribution in [2.24, 2.45) is 0 Å². The summed E-state index contributed by atoms with van der Waals surface area (Å²) in [7, 11) is 0. The van der Waals surface area contributed by atoms with Crippen LogP contribution in [-0.2, 0) is 0 Å². The van der Waals surface area contributed by atoms with Crippen LogP contribution < -0.4 is 0 Å². The zero-order valence-corrected chi connectivity index (χ0v) is 10.9. The maximum atomic E-state index is 12.1. The van der Waals surface area contributed by atoms with E-state index in [9.17, 15) is 4.79 Å². The summed E-state index contributed by atoms with van der Waals surface area (Å²) in [6.45, 7) is 2.20. The van der Waals surface area contributed by atoms with E-state index < -0.39 is 0 Å². The number of carbonyl (C=O) groups is 1. The van der Waals surface area contributed by atoms with Gasteiger partial charge in [0.25, 0.3) is 0 Å². The van der Waals surface area contributed by atoms with E-state index in [1.54, 1.807) is 10.7 Å². The minimum Gasteiger partial charge on any atom is -0.294 e. The lowest BCUT2D eigenvalue weighted by Gasteiger charge is -2.00. The van der Waals surface area contributed by atoms with Crippen molar-refractivity contribution in [2.45, 2.75) is 45.4 Å². The van der Waals surface area contributed by atoms with E-state index in [2.05, 4.69) is 12.0 Å². The molecule has 0 bridgehead atoms. The summed E-state index contributed by atoms with van der Waals surface area (Å²) >= 11 is 0. The molecule has 3 heteroatoms. The zero-order valence-electron chi connectivity index (χ0n) is 10.9. The molecule has 0 saturated heterocycles. The normalized spacial score (nSPS) is 10.9. The minimum atomic E-state index is 0.215. The summed E-state index contributed by atoms with van der Waals surface area (Å²) in [6.07, 6.45) is 10.1. The first-order valence-electron chi connectivity index (χ1n) is 6.78. The largest absolute Gasteiger partial charge is 0.294 e. The van der Waals surface area contributed by atoms with Crippen molar-refractivity contribution in [3.05, 3.63) is 36.2 Å². The van der Waals surface area contributed by atoms with Gasteiger partial charge in [-0.3, -0.25) is 4.79 Å². The van der Waals surface area contributed by atoms with Crippen LogP contribution in [0.5, 0.6) is 0 Å². The van der Waals surface area contributed by atoms with Crippen LogP contribution in [-0.4, -0.2) is 15.4 Å². The standard InChI is InChI=1S/C15H20N2O/c1-2-3-4-5-6-10-15(18)13-12-16-17-11-8-7-9-14(13)17/h7-9,11-12H,2-6,10H2,1H3. The molecule has 2 rings (SSSR count). The van der Waals surface area contributed by atoms with E-state index in [4.69, 9.17) is 0 Å². The van der Waals surface area contributed by atoms with Gasteiger partial charge in [0.05, 0.1) is 17.3 Å². The van der Waals surface area contributed by atoms with E-state index >= 15 is 0 Å². The molecule has 96 valence electrons. The van der Waals surface area contributed by atoms with Gasteiger partial charge in [-0.05, 0) is 18.6 Å². The molecule has 0 N–H and O–H groups in total. The van der Waals surface area contributed by atoms with Crippen LogP contribution in [0.1, 0.15) is 55.8 Å². The Hall–Kier alpha value is -1.64. The first-order chi connectivity index (χ1) is 8.83. The number of unbranched alkanes of at least 4 members (excludes halogenated alkanes) is 4. The van der Waals surface area contributed by atoms with Crippen molar-refractivity contribution < 1.29 is 4.79 Å². The molecular formula is C15H20N2O. The van der Waals surface area contributed by atoms with Gasteiger partial charge in [-0.25, -0.2) is 4.52 Å². The van der Waals surface area contributed by atoms with Gasteiger partial charge in [-0.1, -0.05) is 38.7 Å². The maximum absolute atomic E-state index is 12.1. The van der Waals surface area contributed by atoms with Crippen molar-refractivity contribution in [3.63, 3.8) is 0 Å². The fourth-order valence-corrected chi connectivity index (χ4v) is 2.17. The number of fused-ring (bicyclic) bond motifs is 1. The molecule has 0 radical (unpaired) electrons. The number of hydrogen-bond donors (Lipinski definition) is 0. The van der Waals surface area contributed by atoms with Gasteiger partial charge in [0, 0.05) is 12.6 Å². The van der Waals surface area contributed by atoms with Crippen molar-refractivity contribution in [1.29, 1.82) is 0 Å². The Balaban J connectivity index is 1.93. The number of rotatable bonds is 7. The predicted molar refractivity (Wildman–Crippen MR) is 72.9 cm³/mol. The molecule has 18 heavy (non-hydrogen) atoms. The van der Waals surface area contributed by atoms with Gasteiger partial charge in [0.15, 0.2) is 5.78 Å². The second-order valence-electron chi connectivity index (χ2n) is 4.68. The number of Topliss-reactive ketones (excluding diaryl/α,β-unsaturated/α-hetero) is 1. The quantitative estimate of drug-likeness (QED) is 0.547. The Morgan fingerprint density at radius 2 is 2.06 bits per heavy atom. The highest BCUT2D eigenvalue weighted by Crippen LogP contribution is 2.14. The number of hydrogen-bond acceptors (Lipinski definition) is 2. The van der Waals surface area contributed by atoms with Gasteiger partial charge >= 0.3 is 0 Å². The molecule has 0 aliphatic rings. The topological polar surface area (TPSA) is 34.4 Å². The minimum absolute atomic E-state index is 0.215. The van der Waals surface area contributed by atoms with Crippen molar-refractivity contribution in [2.75, 3.05) is 0 Å². The Labute approximate surface area is 108 Å². The summed E-state index contributed by atoms with van der Waals surface area (Å²) < 4.78 is 1.75. The molecule has 0 saturated carbocycles. The second-order valence-corrected chi connectivity index (χ2v) is 4.68. The molecule has 0 amide bonds. The summed E-state index contributed by atoms with van der Waals surface area (Å²) in [5.74, 6) is 0.215. The number of nitrogens with zero attached hydrogens (tertiary/aromatic N) is 2. The third-order valence-electron chi connectivity index (χ3n) is 3.23. The Morgan fingerprint density at radius 3 is 2.89 bits per heavy atom. The molecule has 0 aliphatic carbocycles. The summed E-state index contributed by atoms with van der Waals surface area (Å²) in [6, 6.07) is 5.80. The van der Waals surface area contributed by atoms with Crippen LogP contribution >= 0.6 is 0 Å². The SMILES string of the molecule is CCCCCCCC(=O)c1cnn2ccccc12. The lowest BCUT2D eigenvalue weighted by Crippen LogP contribution is -1.98. The smallest absolute Gasteiger partial charge is 0.166 e. The number of pyridine rings is 1. The van der Waals surface area contributed by atoms with Gasteiger partial charge in [0.2, 0.25) is 0 Å². The summed E-state index contributed by atoms with van der Waals surface area (Å²) in [4.78, 5) is 12.1. The Kier molecular flexibility index (Phi) is 4.51. The lowest BCUT2D eigenvalue weighted by atomic mass is 10.0. The van der Waals surface area contributed by atoms with Gasteiger partial charge in [-0.2, -0.15) is 5.10 Å². The van der Waals surface area contributed by atoms with E-state index in [-0.39, 0.29) is 5.78 Å². The van der Waals surface area contributed by atoms with Crippen LogP contribution in [0.15, 0.2) is 30.6 Å². The first-order valence-corrected chi connectivity index (χ1v) is 6.78. The van der Waals surface area contributed by atoms with Crippen LogP contribution in [0.3, 0.4) is 0 Å². The van der Waals surface area contributed by atoms with E-state index in [1.807, 2.05) is 24.4 Å². The average molecular weight is 244 g/mol. The van der Waals surface area contributed by atoms with E-state index in [1.165, 1.54) is 19.3 Å². The van der Waals surface area contributed by atoms with Crippen LogP contribution in [0.2, 0.25) is 0 Å². The molecule has 2 heterocycles. The molecule has 3 nitrogen and oxygen atoms in total. The molecule has 0 aromatic carbocycles. The summed E-state index contributed by atoms with van der Waals surface area (Å²) in [5.41, 5.74) is 1.67. The molecule has 2 aromatic heterocycles. The van der Waals surface area contributed by atoms with E-state index in [0.29, 0.717) is 6.42 Å². The molecule has 2 aromatic rings. The number of carbonyl (C=O) groups excluding carboxylic acids is 1. The highest BCUT2D eigenvalue weighted by molar-refractivity contribution is 6.02. The fourth-order valence-electron chi connectivity index (χ4n) is 2.17.